The number of amides is 1. The third kappa shape index (κ3) is 5.23. The summed E-state index contributed by atoms with van der Waals surface area (Å²) >= 11 is 3.45. The molecule has 1 fully saturated rings. The lowest BCUT2D eigenvalue weighted by Gasteiger charge is -2.21. The highest BCUT2D eigenvalue weighted by atomic mass is 79.9. The molecule has 1 aliphatic rings. The molecule has 1 aliphatic carbocycles. The van der Waals surface area contributed by atoms with Crippen LogP contribution < -0.4 is 10.0 Å². The van der Waals surface area contributed by atoms with Crippen LogP contribution >= 0.6 is 15.9 Å². The van der Waals surface area contributed by atoms with Crippen molar-refractivity contribution in [3.05, 3.63) is 82.1 Å². The first-order chi connectivity index (χ1) is 14.8. The van der Waals surface area contributed by atoms with Crippen molar-refractivity contribution in [2.75, 3.05) is 6.54 Å². The van der Waals surface area contributed by atoms with Gasteiger partial charge in [-0.2, -0.15) is 5.10 Å². The van der Waals surface area contributed by atoms with Crippen molar-refractivity contribution in [2.45, 2.75) is 29.7 Å². The molecule has 2 aromatic carbocycles. The fraction of sp³-hybridized carbons (Fsp3) is 0.273. The quantitative estimate of drug-likeness (QED) is 0.492. The molecule has 2 N–H and O–H groups in total. The first kappa shape index (κ1) is 21.7. The highest BCUT2D eigenvalue weighted by Crippen LogP contribution is 2.42. The van der Waals surface area contributed by atoms with Crippen molar-refractivity contribution in [3.63, 3.8) is 0 Å². The molecule has 4 rings (SSSR count). The molecule has 1 unspecified atom stereocenters. The van der Waals surface area contributed by atoms with Gasteiger partial charge in [0.2, 0.25) is 10.0 Å². The largest absolute Gasteiger partial charge is 0.344 e. The molecule has 1 aromatic heterocycles. The molecule has 162 valence electrons. The van der Waals surface area contributed by atoms with Gasteiger partial charge in [0, 0.05) is 29.8 Å². The molecule has 0 spiro atoms. The number of carbonyl (C=O) groups excluding carboxylic acids is 1. The summed E-state index contributed by atoms with van der Waals surface area (Å²) in [6, 6.07) is 14.6. The average Bonchev–Trinajstić information content (AvgIpc) is 3.50. The van der Waals surface area contributed by atoms with Crippen LogP contribution in [0.3, 0.4) is 0 Å². The van der Waals surface area contributed by atoms with Crippen molar-refractivity contribution in [1.82, 2.24) is 19.8 Å². The number of rotatable bonds is 8. The van der Waals surface area contributed by atoms with E-state index in [1.165, 1.54) is 17.1 Å². The Hall–Kier alpha value is -2.49. The van der Waals surface area contributed by atoms with Crippen LogP contribution in [0.25, 0.3) is 0 Å². The molecule has 9 heteroatoms. The number of benzene rings is 2. The number of sulfonamides is 1. The second kappa shape index (κ2) is 8.94. The molecule has 7 nitrogen and oxygen atoms in total. The van der Waals surface area contributed by atoms with E-state index in [0.717, 1.165) is 28.4 Å². The summed E-state index contributed by atoms with van der Waals surface area (Å²) in [4.78, 5) is 13.3. The Balaban J connectivity index is 1.56. The van der Waals surface area contributed by atoms with Gasteiger partial charge in [-0.1, -0.05) is 52.3 Å². The minimum Gasteiger partial charge on any atom is -0.344 e. The fourth-order valence-corrected chi connectivity index (χ4v) is 4.85. The number of hydrogen-bond donors (Lipinski definition) is 2. The molecule has 0 radical (unpaired) electrons. The summed E-state index contributed by atoms with van der Waals surface area (Å²) in [5.74, 6) is 0.186. The molecule has 0 saturated heterocycles. The topological polar surface area (TPSA) is 93.1 Å². The van der Waals surface area contributed by atoms with Crippen molar-refractivity contribution in [1.29, 1.82) is 0 Å². The maximum atomic E-state index is 13.2. The zero-order chi connectivity index (χ0) is 22.0. The van der Waals surface area contributed by atoms with Gasteiger partial charge in [0.15, 0.2) is 0 Å². The zero-order valence-electron chi connectivity index (χ0n) is 17.0. The summed E-state index contributed by atoms with van der Waals surface area (Å²) in [7, 11) is -2.10. The number of nitrogens with zero attached hydrogens (tertiary/aromatic N) is 2. The summed E-state index contributed by atoms with van der Waals surface area (Å²) < 4.78 is 30.2. The van der Waals surface area contributed by atoms with E-state index in [1.54, 1.807) is 7.05 Å². The zero-order valence-corrected chi connectivity index (χ0v) is 19.4. The van der Waals surface area contributed by atoms with Crippen molar-refractivity contribution < 1.29 is 13.2 Å². The average molecular weight is 503 g/mol. The van der Waals surface area contributed by atoms with E-state index < -0.39 is 16.1 Å². The van der Waals surface area contributed by atoms with Crippen LogP contribution in [-0.4, -0.2) is 30.7 Å². The first-order valence-corrected chi connectivity index (χ1v) is 12.2. The summed E-state index contributed by atoms with van der Waals surface area (Å²) in [6.45, 7) is 0.0136. The Kier molecular flexibility index (Phi) is 6.27. The molecule has 1 amide bonds. The highest BCUT2D eigenvalue weighted by molar-refractivity contribution is 9.10. The van der Waals surface area contributed by atoms with E-state index in [9.17, 15) is 13.2 Å². The third-order valence-corrected chi connectivity index (χ3v) is 7.12. The standard InChI is InChI=1S/C22H23BrN4O3S/c1-27-14-18(12-24-27)31(29,30)25-13-21(16-5-3-2-4-6-16)26-22(28)20-11-17(23)9-10-19(20)15-7-8-15/h2-6,9-12,14-15,21,25H,7-8,13H2,1H3,(H,26,28). The molecule has 1 heterocycles. The minimum absolute atomic E-state index is 0.0136. The van der Waals surface area contributed by atoms with Gasteiger partial charge in [-0.05, 0) is 42.0 Å². The van der Waals surface area contributed by atoms with Gasteiger partial charge < -0.3 is 5.32 Å². The van der Waals surface area contributed by atoms with E-state index >= 15 is 0 Å². The molecular weight excluding hydrogens is 480 g/mol. The number of carbonyl (C=O) groups is 1. The first-order valence-electron chi connectivity index (χ1n) is 9.97. The van der Waals surface area contributed by atoms with Gasteiger partial charge in [-0.15, -0.1) is 0 Å². The van der Waals surface area contributed by atoms with E-state index in [0.29, 0.717) is 11.5 Å². The summed E-state index contributed by atoms with van der Waals surface area (Å²) in [5, 5.41) is 6.94. The molecule has 0 aliphatic heterocycles. The minimum atomic E-state index is -3.75. The lowest BCUT2D eigenvalue weighted by Crippen LogP contribution is -2.38. The maximum Gasteiger partial charge on any atom is 0.252 e. The van der Waals surface area contributed by atoms with Gasteiger partial charge in [0.1, 0.15) is 4.90 Å². The van der Waals surface area contributed by atoms with Crippen LogP contribution in [-0.2, 0) is 17.1 Å². The molecule has 1 atom stereocenters. The van der Waals surface area contributed by atoms with Crippen molar-refractivity contribution in [3.8, 4) is 0 Å². The van der Waals surface area contributed by atoms with Crippen LogP contribution in [0, 0.1) is 0 Å². The fourth-order valence-electron chi connectivity index (χ4n) is 3.46. The van der Waals surface area contributed by atoms with E-state index in [4.69, 9.17) is 0 Å². The van der Waals surface area contributed by atoms with Crippen LogP contribution in [0.2, 0.25) is 0 Å². The van der Waals surface area contributed by atoms with Crippen LogP contribution in [0.15, 0.2) is 70.3 Å². The summed E-state index contributed by atoms with van der Waals surface area (Å²) in [6.07, 6.45) is 4.88. The Morgan fingerprint density at radius 2 is 1.97 bits per heavy atom. The SMILES string of the molecule is Cn1cc(S(=O)(=O)NCC(NC(=O)c2cc(Br)ccc2C2CC2)c2ccccc2)cn1. The van der Waals surface area contributed by atoms with E-state index in [-0.39, 0.29) is 17.3 Å². The third-order valence-electron chi connectivity index (χ3n) is 5.25. The van der Waals surface area contributed by atoms with Crippen LogP contribution in [0.1, 0.15) is 46.3 Å². The van der Waals surface area contributed by atoms with Gasteiger partial charge >= 0.3 is 0 Å². The van der Waals surface area contributed by atoms with Crippen LogP contribution in [0.5, 0.6) is 0 Å². The number of nitrogens with one attached hydrogen (secondary N) is 2. The van der Waals surface area contributed by atoms with Crippen molar-refractivity contribution >= 4 is 31.9 Å². The Morgan fingerprint density at radius 1 is 1.23 bits per heavy atom. The molecular formula is C22H23BrN4O3S. The predicted molar refractivity (Wildman–Crippen MR) is 121 cm³/mol. The second-order valence-corrected chi connectivity index (χ2v) is 10.3. The Labute approximate surface area is 190 Å². The smallest absolute Gasteiger partial charge is 0.252 e. The van der Waals surface area contributed by atoms with Crippen LogP contribution in [0.4, 0.5) is 0 Å². The number of aryl methyl sites for hydroxylation is 1. The molecule has 0 bridgehead atoms. The number of hydrogen-bond acceptors (Lipinski definition) is 4. The number of aromatic nitrogens is 2. The monoisotopic (exact) mass is 502 g/mol. The molecule has 3 aromatic rings. The second-order valence-electron chi connectivity index (χ2n) is 7.64. The lowest BCUT2D eigenvalue weighted by atomic mass is 10.0. The van der Waals surface area contributed by atoms with Gasteiger partial charge in [0.05, 0.1) is 12.2 Å². The van der Waals surface area contributed by atoms with Gasteiger partial charge in [-0.3, -0.25) is 9.48 Å². The summed E-state index contributed by atoms with van der Waals surface area (Å²) in [5.41, 5.74) is 2.46. The number of halogens is 1. The Morgan fingerprint density at radius 3 is 2.61 bits per heavy atom. The lowest BCUT2D eigenvalue weighted by molar-refractivity contribution is 0.0936. The van der Waals surface area contributed by atoms with E-state index in [1.807, 2.05) is 48.5 Å². The Bertz CT molecular complexity index is 1190. The highest BCUT2D eigenvalue weighted by Gasteiger charge is 2.29. The van der Waals surface area contributed by atoms with Gasteiger partial charge in [0.25, 0.3) is 5.91 Å². The molecule has 1 saturated carbocycles. The van der Waals surface area contributed by atoms with Crippen molar-refractivity contribution in [2.24, 2.45) is 7.05 Å². The predicted octanol–water partition coefficient (Wildman–Crippen LogP) is 3.51. The van der Waals surface area contributed by atoms with Gasteiger partial charge in [-0.25, -0.2) is 13.1 Å². The normalized spacial score (nSPS) is 14.9. The molecule has 31 heavy (non-hydrogen) atoms. The maximum absolute atomic E-state index is 13.2. The van der Waals surface area contributed by atoms with E-state index in [2.05, 4.69) is 31.1 Å².